The fraction of sp³-hybridized carbons (Fsp3) is 0.286. The zero-order valence-electron chi connectivity index (χ0n) is 10.8. The Morgan fingerprint density at radius 3 is 2.42 bits per heavy atom. The van der Waals surface area contributed by atoms with Crippen molar-refractivity contribution in [1.29, 1.82) is 0 Å². The van der Waals surface area contributed by atoms with Gasteiger partial charge in [-0.25, -0.2) is 4.79 Å². The SMILES string of the molecule is CCOc1ccc(OCC)c2c(C(=O)O)ccnc12. The summed E-state index contributed by atoms with van der Waals surface area (Å²) in [5, 5.41) is 9.75. The molecule has 0 bridgehead atoms. The highest BCUT2D eigenvalue weighted by Gasteiger charge is 2.16. The second kappa shape index (κ2) is 5.56. The molecule has 0 fully saturated rings. The first-order valence-electron chi connectivity index (χ1n) is 6.09. The molecule has 0 atom stereocenters. The molecule has 0 amide bonds. The van der Waals surface area contributed by atoms with Gasteiger partial charge in [-0.15, -0.1) is 0 Å². The number of benzene rings is 1. The van der Waals surface area contributed by atoms with E-state index in [0.717, 1.165) is 0 Å². The summed E-state index contributed by atoms with van der Waals surface area (Å²) in [6, 6.07) is 4.92. The molecule has 5 nitrogen and oxygen atoms in total. The van der Waals surface area contributed by atoms with Crippen LogP contribution >= 0.6 is 0 Å². The second-order valence-electron chi connectivity index (χ2n) is 3.82. The number of ether oxygens (including phenoxy) is 2. The molecule has 0 radical (unpaired) electrons. The van der Waals surface area contributed by atoms with Crippen molar-refractivity contribution in [3.8, 4) is 11.5 Å². The molecule has 1 aromatic carbocycles. The number of carbonyl (C=O) groups is 1. The van der Waals surface area contributed by atoms with Crippen LogP contribution in [0.3, 0.4) is 0 Å². The Labute approximate surface area is 110 Å². The Morgan fingerprint density at radius 2 is 1.79 bits per heavy atom. The van der Waals surface area contributed by atoms with Gasteiger partial charge in [0.05, 0.1) is 24.2 Å². The minimum Gasteiger partial charge on any atom is -0.493 e. The molecule has 0 unspecified atom stereocenters. The van der Waals surface area contributed by atoms with Crippen LogP contribution in [0.5, 0.6) is 11.5 Å². The van der Waals surface area contributed by atoms with Gasteiger partial charge in [-0.1, -0.05) is 0 Å². The minimum atomic E-state index is -1.01. The van der Waals surface area contributed by atoms with E-state index in [1.807, 2.05) is 13.8 Å². The average Bonchev–Trinajstić information content (AvgIpc) is 2.41. The molecule has 1 N–H and O–H groups in total. The fourth-order valence-electron chi connectivity index (χ4n) is 1.94. The summed E-state index contributed by atoms with van der Waals surface area (Å²) >= 11 is 0. The Balaban J connectivity index is 2.76. The lowest BCUT2D eigenvalue weighted by atomic mass is 10.1. The molecule has 5 heteroatoms. The van der Waals surface area contributed by atoms with E-state index in [1.165, 1.54) is 12.3 Å². The summed E-state index contributed by atoms with van der Waals surface area (Å²) in [5.74, 6) is 0.0532. The predicted octanol–water partition coefficient (Wildman–Crippen LogP) is 2.73. The number of hydrogen-bond donors (Lipinski definition) is 1. The van der Waals surface area contributed by atoms with E-state index >= 15 is 0 Å². The quantitative estimate of drug-likeness (QED) is 0.896. The molecule has 0 saturated carbocycles. The van der Waals surface area contributed by atoms with E-state index in [-0.39, 0.29) is 5.56 Å². The first-order chi connectivity index (χ1) is 9.19. The monoisotopic (exact) mass is 261 g/mol. The number of hydrogen-bond acceptors (Lipinski definition) is 4. The highest BCUT2D eigenvalue weighted by atomic mass is 16.5. The topological polar surface area (TPSA) is 68.7 Å². The summed E-state index contributed by atoms with van der Waals surface area (Å²) in [4.78, 5) is 15.5. The van der Waals surface area contributed by atoms with E-state index in [0.29, 0.717) is 35.6 Å². The maximum atomic E-state index is 11.3. The highest BCUT2D eigenvalue weighted by Crippen LogP contribution is 2.34. The van der Waals surface area contributed by atoms with Gasteiger partial charge in [-0.05, 0) is 32.0 Å². The lowest BCUT2D eigenvalue weighted by Crippen LogP contribution is -2.03. The van der Waals surface area contributed by atoms with E-state index in [9.17, 15) is 9.90 Å². The number of aromatic carboxylic acids is 1. The number of aromatic nitrogens is 1. The molecule has 0 spiro atoms. The smallest absolute Gasteiger partial charge is 0.336 e. The van der Waals surface area contributed by atoms with Gasteiger partial charge in [-0.2, -0.15) is 0 Å². The zero-order chi connectivity index (χ0) is 13.8. The van der Waals surface area contributed by atoms with Crippen LogP contribution in [0, 0.1) is 0 Å². The zero-order valence-corrected chi connectivity index (χ0v) is 10.8. The van der Waals surface area contributed by atoms with Crippen molar-refractivity contribution < 1.29 is 19.4 Å². The first kappa shape index (κ1) is 13.1. The van der Waals surface area contributed by atoms with Gasteiger partial charge in [-0.3, -0.25) is 4.98 Å². The third-order valence-corrected chi connectivity index (χ3v) is 2.65. The molecule has 0 aliphatic rings. The summed E-state index contributed by atoms with van der Waals surface area (Å²) in [6.45, 7) is 4.65. The van der Waals surface area contributed by atoms with Crippen molar-refractivity contribution in [2.75, 3.05) is 13.2 Å². The lowest BCUT2D eigenvalue weighted by molar-refractivity contribution is 0.0698. The van der Waals surface area contributed by atoms with Crippen molar-refractivity contribution in [3.63, 3.8) is 0 Å². The Kier molecular flexibility index (Phi) is 3.85. The van der Waals surface area contributed by atoms with Crippen molar-refractivity contribution in [2.45, 2.75) is 13.8 Å². The van der Waals surface area contributed by atoms with Gasteiger partial charge >= 0.3 is 5.97 Å². The molecular weight excluding hydrogens is 246 g/mol. The second-order valence-corrected chi connectivity index (χ2v) is 3.82. The number of fused-ring (bicyclic) bond motifs is 1. The molecular formula is C14H15NO4. The largest absolute Gasteiger partial charge is 0.493 e. The molecule has 2 rings (SSSR count). The van der Waals surface area contributed by atoms with Crippen LogP contribution in [-0.2, 0) is 0 Å². The normalized spacial score (nSPS) is 10.4. The lowest BCUT2D eigenvalue weighted by Gasteiger charge is -2.12. The van der Waals surface area contributed by atoms with Gasteiger partial charge < -0.3 is 14.6 Å². The Bertz CT molecular complexity index is 610. The van der Waals surface area contributed by atoms with Crippen LogP contribution in [0.15, 0.2) is 24.4 Å². The molecule has 0 aliphatic heterocycles. The van der Waals surface area contributed by atoms with Gasteiger partial charge in [0.1, 0.15) is 17.0 Å². The molecule has 100 valence electrons. The van der Waals surface area contributed by atoms with Crippen molar-refractivity contribution >= 4 is 16.9 Å². The molecule has 1 aromatic heterocycles. The maximum Gasteiger partial charge on any atom is 0.336 e. The fourth-order valence-corrected chi connectivity index (χ4v) is 1.94. The van der Waals surface area contributed by atoms with Crippen LogP contribution in [0.25, 0.3) is 10.9 Å². The van der Waals surface area contributed by atoms with Crippen molar-refractivity contribution in [1.82, 2.24) is 4.98 Å². The summed E-state index contributed by atoms with van der Waals surface area (Å²) in [6.07, 6.45) is 1.46. The van der Waals surface area contributed by atoms with Crippen molar-refractivity contribution in [2.24, 2.45) is 0 Å². The van der Waals surface area contributed by atoms with Crippen LogP contribution < -0.4 is 9.47 Å². The number of carboxylic acids is 1. The summed E-state index contributed by atoms with van der Waals surface area (Å²) in [7, 11) is 0. The summed E-state index contributed by atoms with van der Waals surface area (Å²) in [5.41, 5.74) is 0.669. The molecule has 0 aliphatic carbocycles. The number of carboxylic acid groups (broad SMARTS) is 1. The van der Waals surface area contributed by atoms with E-state index < -0.39 is 5.97 Å². The minimum absolute atomic E-state index is 0.162. The molecule has 19 heavy (non-hydrogen) atoms. The maximum absolute atomic E-state index is 11.3. The Hall–Kier alpha value is -2.30. The predicted molar refractivity (Wildman–Crippen MR) is 71.0 cm³/mol. The van der Waals surface area contributed by atoms with Gasteiger partial charge in [0, 0.05) is 6.20 Å². The van der Waals surface area contributed by atoms with Gasteiger partial charge in [0.15, 0.2) is 0 Å². The van der Waals surface area contributed by atoms with Gasteiger partial charge in [0.25, 0.3) is 0 Å². The van der Waals surface area contributed by atoms with Crippen LogP contribution in [-0.4, -0.2) is 29.3 Å². The van der Waals surface area contributed by atoms with E-state index in [1.54, 1.807) is 12.1 Å². The first-order valence-corrected chi connectivity index (χ1v) is 6.09. The number of pyridine rings is 1. The number of nitrogens with zero attached hydrogens (tertiary/aromatic N) is 1. The third kappa shape index (κ3) is 2.45. The van der Waals surface area contributed by atoms with Gasteiger partial charge in [0.2, 0.25) is 0 Å². The molecule has 0 saturated heterocycles. The number of rotatable bonds is 5. The average molecular weight is 261 g/mol. The third-order valence-electron chi connectivity index (χ3n) is 2.65. The van der Waals surface area contributed by atoms with Crippen LogP contribution in [0.1, 0.15) is 24.2 Å². The van der Waals surface area contributed by atoms with Crippen molar-refractivity contribution in [3.05, 3.63) is 30.0 Å². The standard InChI is InChI=1S/C14H15NO4/c1-3-18-10-5-6-11(19-4-2)13-12(10)9(14(16)17)7-8-15-13/h5-8H,3-4H2,1-2H3,(H,16,17). The summed E-state index contributed by atoms with van der Waals surface area (Å²) < 4.78 is 11.0. The van der Waals surface area contributed by atoms with E-state index in [2.05, 4.69) is 4.98 Å². The molecule has 2 aromatic rings. The molecule has 1 heterocycles. The Morgan fingerprint density at radius 1 is 1.16 bits per heavy atom. The van der Waals surface area contributed by atoms with Crippen LogP contribution in [0.2, 0.25) is 0 Å². The van der Waals surface area contributed by atoms with E-state index in [4.69, 9.17) is 9.47 Å². The highest BCUT2D eigenvalue weighted by molar-refractivity contribution is 6.06. The van der Waals surface area contributed by atoms with Crippen LogP contribution in [0.4, 0.5) is 0 Å².